The second-order valence-corrected chi connectivity index (χ2v) is 3.76. The van der Waals surface area contributed by atoms with Crippen LogP contribution in [0.4, 0.5) is 0 Å². The van der Waals surface area contributed by atoms with E-state index in [2.05, 4.69) is 45.2 Å². The zero-order valence-electron chi connectivity index (χ0n) is 10.3. The van der Waals surface area contributed by atoms with Crippen LogP contribution in [-0.4, -0.2) is 59.2 Å². The van der Waals surface area contributed by atoms with E-state index >= 15 is 0 Å². The molecule has 12 heteroatoms. The minimum Gasteiger partial charge on any atom is -0.223 e. The minimum atomic E-state index is 0.276. The van der Waals surface area contributed by atoms with E-state index in [4.69, 9.17) is 0 Å². The molecule has 0 saturated heterocycles. The molecule has 0 unspecified atom stereocenters. The molecule has 0 atom stereocenters. The average molecular weight is 282 g/mol. The Morgan fingerprint density at radius 3 is 1.10 bits per heavy atom. The molecular weight excluding hydrogens is 276 g/mol. The SMILES string of the molecule is c1ncn(-c2nc(-n3cncn3)nc(-n3cncn3)n2)n1. The van der Waals surface area contributed by atoms with E-state index in [-0.39, 0.29) is 17.8 Å². The van der Waals surface area contributed by atoms with Crippen LogP contribution < -0.4 is 0 Å². The molecule has 0 spiro atoms. The monoisotopic (exact) mass is 282 g/mol. The first-order valence-corrected chi connectivity index (χ1v) is 5.71. The third kappa shape index (κ3) is 1.99. The zero-order valence-corrected chi connectivity index (χ0v) is 10.3. The molecule has 12 nitrogen and oxygen atoms in total. The highest BCUT2D eigenvalue weighted by Crippen LogP contribution is 2.06. The molecule has 4 aromatic rings. The highest BCUT2D eigenvalue weighted by molar-refractivity contribution is 5.23. The first-order chi connectivity index (χ1) is 10.4. The van der Waals surface area contributed by atoms with Gasteiger partial charge in [0.25, 0.3) is 17.8 Å². The van der Waals surface area contributed by atoms with E-state index in [1.165, 1.54) is 52.0 Å². The topological polar surface area (TPSA) is 131 Å². The van der Waals surface area contributed by atoms with E-state index in [0.717, 1.165) is 0 Å². The minimum absolute atomic E-state index is 0.276. The molecule has 0 fully saturated rings. The Balaban J connectivity index is 1.92. The summed E-state index contributed by atoms with van der Waals surface area (Å²) in [7, 11) is 0. The van der Waals surface area contributed by atoms with Crippen LogP contribution in [0.3, 0.4) is 0 Å². The molecule has 0 aliphatic rings. The summed E-state index contributed by atoms with van der Waals surface area (Å²) >= 11 is 0. The summed E-state index contributed by atoms with van der Waals surface area (Å²) in [6.45, 7) is 0. The number of rotatable bonds is 3. The second kappa shape index (κ2) is 4.52. The molecule has 0 saturated carbocycles. The van der Waals surface area contributed by atoms with Crippen LogP contribution >= 0.6 is 0 Å². The third-order valence-electron chi connectivity index (χ3n) is 2.47. The molecule has 0 aliphatic carbocycles. The summed E-state index contributed by atoms with van der Waals surface area (Å²) < 4.78 is 4.22. The molecule has 0 aromatic carbocycles. The molecule has 4 heterocycles. The van der Waals surface area contributed by atoms with Crippen molar-refractivity contribution in [3.8, 4) is 17.8 Å². The van der Waals surface area contributed by atoms with E-state index < -0.39 is 0 Å². The van der Waals surface area contributed by atoms with Crippen molar-refractivity contribution in [3.63, 3.8) is 0 Å². The van der Waals surface area contributed by atoms with Crippen LogP contribution in [-0.2, 0) is 0 Å². The number of aromatic nitrogens is 12. The Kier molecular flexibility index (Phi) is 2.42. The van der Waals surface area contributed by atoms with Gasteiger partial charge in [-0.15, -0.1) is 0 Å². The number of hydrogen-bond donors (Lipinski definition) is 0. The second-order valence-electron chi connectivity index (χ2n) is 3.76. The molecule has 0 bridgehead atoms. The molecule has 4 aromatic heterocycles. The van der Waals surface area contributed by atoms with Gasteiger partial charge in [0.15, 0.2) is 0 Å². The molecule has 0 aliphatic heterocycles. The van der Waals surface area contributed by atoms with Crippen molar-refractivity contribution >= 4 is 0 Å². The van der Waals surface area contributed by atoms with E-state index in [1.807, 2.05) is 0 Å². The summed E-state index contributed by atoms with van der Waals surface area (Å²) in [6.07, 6.45) is 8.58. The summed E-state index contributed by atoms with van der Waals surface area (Å²) in [5.41, 5.74) is 0. The van der Waals surface area contributed by atoms with Crippen molar-refractivity contribution < 1.29 is 0 Å². The van der Waals surface area contributed by atoms with Crippen molar-refractivity contribution in [3.05, 3.63) is 38.0 Å². The Hall–Kier alpha value is -3.57. The molecular formula is C9H6N12. The first kappa shape index (κ1) is 11.3. The van der Waals surface area contributed by atoms with Gasteiger partial charge >= 0.3 is 0 Å². The van der Waals surface area contributed by atoms with Gasteiger partial charge in [0.1, 0.15) is 38.0 Å². The molecule has 102 valence electrons. The fourth-order valence-electron chi connectivity index (χ4n) is 1.59. The Labute approximate surface area is 116 Å². The Morgan fingerprint density at radius 2 is 0.857 bits per heavy atom. The average Bonchev–Trinajstić information content (AvgIpc) is 3.29. The van der Waals surface area contributed by atoms with Crippen molar-refractivity contribution in [1.29, 1.82) is 0 Å². The highest BCUT2D eigenvalue weighted by Gasteiger charge is 2.12. The lowest BCUT2D eigenvalue weighted by molar-refractivity contribution is 0.705. The summed E-state index contributed by atoms with van der Waals surface area (Å²) in [5, 5.41) is 12.0. The smallest absolute Gasteiger partial charge is 0.223 e. The summed E-state index contributed by atoms with van der Waals surface area (Å²) in [4.78, 5) is 24.4. The summed E-state index contributed by atoms with van der Waals surface area (Å²) in [6, 6.07) is 0. The van der Waals surface area contributed by atoms with Crippen LogP contribution in [0.2, 0.25) is 0 Å². The largest absolute Gasteiger partial charge is 0.258 e. The lowest BCUT2D eigenvalue weighted by Crippen LogP contribution is -2.13. The highest BCUT2D eigenvalue weighted by atomic mass is 15.5. The van der Waals surface area contributed by atoms with Crippen LogP contribution in [0.15, 0.2) is 38.0 Å². The lowest BCUT2D eigenvalue weighted by Gasteiger charge is -2.05. The van der Waals surface area contributed by atoms with E-state index in [1.54, 1.807) is 0 Å². The van der Waals surface area contributed by atoms with E-state index in [0.29, 0.717) is 0 Å². The van der Waals surface area contributed by atoms with Gasteiger partial charge in [-0.1, -0.05) is 0 Å². The lowest BCUT2D eigenvalue weighted by atomic mass is 10.8. The van der Waals surface area contributed by atoms with Gasteiger partial charge < -0.3 is 0 Å². The molecule has 0 N–H and O–H groups in total. The van der Waals surface area contributed by atoms with Gasteiger partial charge in [0.2, 0.25) is 0 Å². The third-order valence-corrected chi connectivity index (χ3v) is 2.47. The fraction of sp³-hybridized carbons (Fsp3) is 0. The Morgan fingerprint density at radius 1 is 0.524 bits per heavy atom. The quantitative estimate of drug-likeness (QED) is 0.445. The normalized spacial score (nSPS) is 10.9. The first-order valence-electron chi connectivity index (χ1n) is 5.71. The Bertz CT molecular complexity index is 704. The van der Waals surface area contributed by atoms with Crippen molar-refractivity contribution in [2.45, 2.75) is 0 Å². The molecule has 0 amide bonds. The van der Waals surface area contributed by atoms with Gasteiger partial charge in [-0.3, -0.25) is 0 Å². The standard InChI is InChI=1S/C9H6N12/c1-10-4-19(13-1)7-16-8(20-5-11-2-14-20)18-9(17-7)21-6-12-3-15-21/h1-6H. The van der Waals surface area contributed by atoms with Gasteiger partial charge in [0.05, 0.1) is 0 Å². The van der Waals surface area contributed by atoms with Crippen LogP contribution in [0.25, 0.3) is 17.8 Å². The predicted molar refractivity (Wildman–Crippen MR) is 64.6 cm³/mol. The van der Waals surface area contributed by atoms with Gasteiger partial charge in [0, 0.05) is 0 Å². The van der Waals surface area contributed by atoms with Crippen molar-refractivity contribution in [2.75, 3.05) is 0 Å². The van der Waals surface area contributed by atoms with Gasteiger partial charge in [-0.25, -0.2) is 15.0 Å². The maximum atomic E-state index is 4.27. The predicted octanol–water partition coefficient (Wildman–Crippen LogP) is -1.39. The van der Waals surface area contributed by atoms with Crippen molar-refractivity contribution in [2.24, 2.45) is 0 Å². The van der Waals surface area contributed by atoms with Gasteiger partial charge in [-0.05, 0) is 0 Å². The van der Waals surface area contributed by atoms with Crippen LogP contribution in [0.1, 0.15) is 0 Å². The van der Waals surface area contributed by atoms with Crippen LogP contribution in [0, 0.1) is 0 Å². The zero-order chi connectivity index (χ0) is 14.1. The molecule has 21 heavy (non-hydrogen) atoms. The molecule has 4 rings (SSSR count). The van der Waals surface area contributed by atoms with Gasteiger partial charge in [-0.2, -0.15) is 44.3 Å². The maximum absolute atomic E-state index is 4.27. The van der Waals surface area contributed by atoms with E-state index in [9.17, 15) is 0 Å². The maximum Gasteiger partial charge on any atom is 0.258 e. The number of hydrogen-bond acceptors (Lipinski definition) is 9. The van der Waals surface area contributed by atoms with Crippen LogP contribution in [0.5, 0.6) is 0 Å². The van der Waals surface area contributed by atoms with Crippen molar-refractivity contribution in [1.82, 2.24) is 59.2 Å². The summed E-state index contributed by atoms with van der Waals surface area (Å²) in [5.74, 6) is 0.829. The number of nitrogens with zero attached hydrogens (tertiary/aromatic N) is 12. The molecule has 0 radical (unpaired) electrons. The fourth-order valence-corrected chi connectivity index (χ4v) is 1.59.